The molecule has 1 heterocycles. The Morgan fingerprint density at radius 1 is 1.64 bits per heavy atom. The average Bonchev–Trinajstić information content (AvgIpc) is 2.06. The minimum atomic E-state index is 0.468. The lowest BCUT2D eigenvalue weighted by atomic mass is 9.99. The first-order chi connectivity index (χ1) is 5.36. The molecule has 0 unspecified atom stereocenters. The van der Waals surface area contributed by atoms with Crippen molar-refractivity contribution < 1.29 is 4.74 Å². The van der Waals surface area contributed by atoms with Gasteiger partial charge in [0.2, 0.25) is 5.88 Å². The second-order valence-electron chi connectivity index (χ2n) is 2.04. The molecule has 0 fully saturated rings. The van der Waals surface area contributed by atoms with Gasteiger partial charge in [0.15, 0.2) is 0 Å². The number of hydrogen-bond donors (Lipinski definition) is 0. The third-order valence-electron chi connectivity index (χ3n) is 1.22. The fourth-order valence-corrected chi connectivity index (χ4v) is 0.715. The fraction of sp³-hybridized carbons (Fsp3) is 0.429. The van der Waals surface area contributed by atoms with Gasteiger partial charge < -0.3 is 4.74 Å². The Hall–Kier alpha value is -1.06. The SMILES string of the molecule is [B]Cc1cnnc(OCC)c1. The summed E-state index contributed by atoms with van der Waals surface area (Å²) in [6, 6.07) is 1.79. The minimum absolute atomic E-state index is 0.468. The second-order valence-corrected chi connectivity index (χ2v) is 2.04. The third-order valence-corrected chi connectivity index (χ3v) is 1.22. The lowest BCUT2D eigenvalue weighted by molar-refractivity contribution is 0.322. The number of hydrogen-bond acceptors (Lipinski definition) is 3. The van der Waals surface area contributed by atoms with Gasteiger partial charge in [0.25, 0.3) is 0 Å². The molecule has 2 radical (unpaired) electrons. The molecule has 0 bridgehead atoms. The Morgan fingerprint density at radius 3 is 3.09 bits per heavy atom. The molecule has 0 amide bonds. The molecule has 11 heavy (non-hydrogen) atoms. The molecule has 0 saturated carbocycles. The highest BCUT2D eigenvalue weighted by Gasteiger charge is 1.95. The maximum Gasteiger partial charge on any atom is 0.233 e. The van der Waals surface area contributed by atoms with Crippen molar-refractivity contribution in [3.63, 3.8) is 0 Å². The molecule has 0 aromatic carbocycles. The Kier molecular flexibility index (Phi) is 2.89. The molecule has 0 aliphatic carbocycles. The van der Waals surface area contributed by atoms with Crippen LogP contribution in [0, 0.1) is 0 Å². The zero-order chi connectivity index (χ0) is 8.10. The van der Waals surface area contributed by atoms with Gasteiger partial charge in [-0.25, -0.2) is 0 Å². The first-order valence-corrected chi connectivity index (χ1v) is 3.51. The van der Waals surface area contributed by atoms with E-state index in [9.17, 15) is 0 Å². The van der Waals surface area contributed by atoms with Crippen LogP contribution in [-0.4, -0.2) is 24.7 Å². The summed E-state index contributed by atoms with van der Waals surface area (Å²) in [5.74, 6) is 0.537. The molecule has 0 spiro atoms. The van der Waals surface area contributed by atoms with Gasteiger partial charge in [0.05, 0.1) is 20.7 Å². The summed E-state index contributed by atoms with van der Waals surface area (Å²) in [7, 11) is 5.39. The molecule has 56 valence electrons. The summed E-state index contributed by atoms with van der Waals surface area (Å²) >= 11 is 0. The van der Waals surface area contributed by atoms with Crippen LogP contribution in [0.15, 0.2) is 12.3 Å². The highest BCUT2D eigenvalue weighted by atomic mass is 16.5. The van der Waals surface area contributed by atoms with Crippen LogP contribution < -0.4 is 4.74 Å². The second kappa shape index (κ2) is 3.96. The van der Waals surface area contributed by atoms with E-state index in [1.165, 1.54) is 0 Å². The van der Waals surface area contributed by atoms with Crippen LogP contribution in [0.4, 0.5) is 0 Å². The summed E-state index contributed by atoms with van der Waals surface area (Å²) in [5.41, 5.74) is 0.934. The van der Waals surface area contributed by atoms with Crippen molar-refractivity contribution in [1.29, 1.82) is 0 Å². The molecule has 3 nitrogen and oxygen atoms in total. The van der Waals surface area contributed by atoms with Crippen LogP contribution in [-0.2, 0) is 6.32 Å². The predicted octanol–water partition coefficient (Wildman–Crippen LogP) is 0.544. The van der Waals surface area contributed by atoms with Crippen molar-refractivity contribution in [2.75, 3.05) is 6.61 Å². The lowest BCUT2D eigenvalue weighted by Gasteiger charge is -2.00. The predicted molar refractivity (Wildman–Crippen MR) is 42.7 cm³/mol. The van der Waals surface area contributed by atoms with Crippen LogP contribution in [0.25, 0.3) is 0 Å². The molecule has 1 aromatic heterocycles. The van der Waals surface area contributed by atoms with Crippen LogP contribution in [0.2, 0.25) is 0 Å². The van der Waals surface area contributed by atoms with Gasteiger partial charge in [0, 0.05) is 6.07 Å². The van der Waals surface area contributed by atoms with Crippen molar-refractivity contribution in [3.05, 3.63) is 17.8 Å². The van der Waals surface area contributed by atoms with E-state index < -0.39 is 0 Å². The van der Waals surface area contributed by atoms with Crippen molar-refractivity contribution in [3.8, 4) is 5.88 Å². The van der Waals surface area contributed by atoms with Gasteiger partial charge in [-0.3, -0.25) is 0 Å². The van der Waals surface area contributed by atoms with Crippen LogP contribution in [0.1, 0.15) is 12.5 Å². The van der Waals surface area contributed by atoms with Crippen molar-refractivity contribution in [1.82, 2.24) is 10.2 Å². The Labute approximate surface area is 67.2 Å². The van der Waals surface area contributed by atoms with Crippen LogP contribution in [0.5, 0.6) is 5.88 Å². The first kappa shape index (κ1) is 8.05. The lowest BCUT2D eigenvalue weighted by Crippen LogP contribution is -1.97. The van der Waals surface area contributed by atoms with E-state index in [-0.39, 0.29) is 0 Å². The summed E-state index contributed by atoms with van der Waals surface area (Å²) < 4.78 is 5.12. The van der Waals surface area contributed by atoms with Crippen LogP contribution in [0.3, 0.4) is 0 Å². The van der Waals surface area contributed by atoms with E-state index in [0.717, 1.165) is 5.56 Å². The molecule has 4 heteroatoms. The highest BCUT2D eigenvalue weighted by Crippen LogP contribution is 2.06. The monoisotopic (exact) mass is 148 g/mol. The molecule has 0 saturated heterocycles. The summed E-state index contributed by atoms with van der Waals surface area (Å²) in [6.07, 6.45) is 2.10. The molecule has 0 aliphatic rings. The molecule has 0 aliphatic heterocycles. The van der Waals surface area contributed by atoms with Crippen molar-refractivity contribution >= 4 is 7.85 Å². The largest absolute Gasteiger partial charge is 0.477 e. The van der Waals surface area contributed by atoms with E-state index in [4.69, 9.17) is 12.6 Å². The number of aromatic nitrogens is 2. The first-order valence-electron chi connectivity index (χ1n) is 3.51. The van der Waals surface area contributed by atoms with Gasteiger partial charge in [-0.15, -0.1) is 5.10 Å². The normalized spacial score (nSPS) is 9.55. The smallest absolute Gasteiger partial charge is 0.233 e. The standard InChI is InChI=1S/C7H9BN2O/c1-2-11-7-3-6(4-8)5-9-10-7/h3,5H,2,4H2,1H3. The molecule has 0 N–H and O–H groups in total. The van der Waals surface area contributed by atoms with Gasteiger partial charge >= 0.3 is 0 Å². The number of rotatable bonds is 3. The third kappa shape index (κ3) is 2.22. The van der Waals surface area contributed by atoms with Gasteiger partial charge in [-0.05, 0) is 12.5 Å². The fourth-order valence-electron chi connectivity index (χ4n) is 0.715. The highest BCUT2D eigenvalue weighted by molar-refractivity contribution is 6.08. The number of nitrogens with zero attached hydrogens (tertiary/aromatic N) is 2. The Balaban J connectivity index is 2.74. The van der Waals surface area contributed by atoms with E-state index in [1.54, 1.807) is 12.3 Å². The molecule has 0 atom stereocenters. The average molecular weight is 148 g/mol. The van der Waals surface area contributed by atoms with E-state index >= 15 is 0 Å². The number of ether oxygens (including phenoxy) is 1. The van der Waals surface area contributed by atoms with Crippen LogP contribution >= 0.6 is 0 Å². The molecular formula is C7H9BN2O. The summed E-state index contributed by atoms with van der Waals surface area (Å²) in [6.45, 7) is 2.50. The maximum atomic E-state index is 5.39. The van der Waals surface area contributed by atoms with Gasteiger partial charge in [-0.2, -0.15) is 5.10 Å². The van der Waals surface area contributed by atoms with E-state index in [0.29, 0.717) is 18.8 Å². The zero-order valence-corrected chi connectivity index (χ0v) is 6.45. The van der Waals surface area contributed by atoms with Crippen molar-refractivity contribution in [2.24, 2.45) is 0 Å². The topological polar surface area (TPSA) is 35.0 Å². The quantitative estimate of drug-likeness (QED) is 0.586. The minimum Gasteiger partial charge on any atom is -0.477 e. The zero-order valence-electron chi connectivity index (χ0n) is 6.45. The van der Waals surface area contributed by atoms with Gasteiger partial charge in [-0.1, -0.05) is 6.32 Å². The summed E-state index contributed by atoms with van der Waals surface area (Å²) in [5, 5.41) is 7.47. The van der Waals surface area contributed by atoms with E-state index in [2.05, 4.69) is 10.2 Å². The Morgan fingerprint density at radius 2 is 2.45 bits per heavy atom. The summed E-state index contributed by atoms with van der Waals surface area (Å²) in [4.78, 5) is 0. The molecule has 1 aromatic rings. The maximum absolute atomic E-state index is 5.39. The van der Waals surface area contributed by atoms with Gasteiger partial charge in [0.1, 0.15) is 0 Å². The molecular weight excluding hydrogens is 139 g/mol. The van der Waals surface area contributed by atoms with Crippen molar-refractivity contribution in [2.45, 2.75) is 13.2 Å². The Bertz CT molecular complexity index is 229. The van der Waals surface area contributed by atoms with E-state index in [1.807, 2.05) is 6.92 Å². The molecule has 1 rings (SSSR count).